The predicted octanol–water partition coefficient (Wildman–Crippen LogP) is 4.13. The summed E-state index contributed by atoms with van der Waals surface area (Å²) >= 11 is 0. The van der Waals surface area contributed by atoms with Crippen LogP contribution in [0, 0.1) is 37.5 Å². The molecule has 2 N–H and O–H groups in total. The Hall–Kier alpha value is -3.07. The van der Waals surface area contributed by atoms with Crippen LogP contribution >= 0.6 is 0 Å². The highest BCUT2D eigenvalue weighted by molar-refractivity contribution is 6.00. The summed E-state index contributed by atoms with van der Waals surface area (Å²) in [4.78, 5) is 24.6. The van der Waals surface area contributed by atoms with E-state index in [1.165, 1.54) is 6.92 Å². The number of nitrogens with two attached hydrogens (primary N) is 1. The fourth-order valence-corrected chi connectivity index (χ4v) is 4.66. The Labute approximate surface area is 177 Å². The number of Topliss-reactive ketones (excluding diaryl/α,β-unsaturated/α-hetero) is 1. The van der Waals surface area contributed by atoms with Crippen molar-refractivity contribution in [1.29, 1.82) is 5.26 Å². The number of carbonyl (C=O) groups excluding carboxylic acids is 2. The van der Waals surface area contributed by atoms with Gasteiger partial charge in [-0.3, -0.25) is 9.59 Å². The first kappa shape index (κ1) is 21.6. The van der Waals surface area contributed by atoms with Crippen molar-refractivity contribution in [3.8, 4) is 6.07 Å². The zero-order chi connectivity index (χ0) is 22.4. The quantitative estimate of drug-likeness (QED) is 0.755. The molecule has 1 heterocycles. The van der Waals surface area contributed by atoms with E-state index in [2.05, 4.69) is 6.07 Å². The lowest BCUT2D eigenvalue weighted by atomic mass is 9.69. The van der Waals surface area contributed by atoms with Crippen LogP contribution in [0.4, 0.5) is 0 Å². The standard InChI is InChI=1S/C24H28N2O4/c1-12-7-13(2)20(14(3)17(12)11-29-15(4)27)21-16(10-25)23(26)30-19-9-24(5,6)8-18(28)22(19)21/h7,21H,8-9,11,26H2,1-6H3. The maximum Gasteiger partial charge on any atom is 0.302 e. The van der Waals surface area contributed by atoms with Crippen LogP contribution in [0.3, 0.4) is 0 Å². The summed E-state index contributed by atoms with van der Waals surface area (Å²) in [5.74, 6) is -0.365. The molecule has 0 radical (unpaired) electrons. The highest BCUT2D eigenvalue weighted by Gasteiger charge is 2.44. The molecule has 158 valence electrons. The minimum atomic E-state index is -0.584. The summed E-state index contributed by atoms with van der Waals surface area (Å²) in [5.41, 5.74) is 11.2. The number of ketones is 1. The topological polar surface area (TPSA) is 102 Å². The number of esters is 1. The smallest absolute Gasteiger partial charge is 0.302 e. The minimum Gasteiger partial charge on any atom is -0.461 e. The average Bonchev–Trinajstić information content (AvgIpc) is 2.59. The lowest BCUT2D eigenvalue weighted by Crippen LogP contribution is -2.34. The maximum atomic E-state index is 13.2. The fourth-order valence-electron chi connectivity index (χ4n) is 4.66. The van der Waals surface area contributed by atoms with Gasteiger partial charge in [0.05, 0.1) is 5.92 Å². The Bertz CT molecular complexity index is 1050. The molecule has 0 bridgehead atoms. The van der Waals surface area contributed by atoms with Gasteiger partial charge in [0, 0.05) is 25.3 Å². The van der Waals surface area contributed by atoms with Crippen LogP contribution in [-0.4, -0.2) is 11.8 Å². The SMILES string of the molecule is CC(=O)OCc1c(C)cc(C)c(C2C(C#N)=C(N)OC3=C2C(=O)CC(C)(C)C3)c1C. The van der Waals surface area contributed by atoms with Crippen molar-refractivity contribution >= 4 is 11.8 Å². The van der Waals surface area contributed by atoms with E-state index in [0.717, 1.165) is 27.8 Å². The summed E-state index contributed by atoms with van der Waals surface area (Å²) in [6, 6.07) is 4.17. The van der Waals surface area contributed by atoms with Crippen molar-refractivity contribution < 1.29 is 19.1 Å². The first-order valence-electron chi connectivity index (χ1n) is 10.0. The Kier molecular flexibility index (Phi) is 5.51. The number of allylic oxidation sites excluding steroid dienone is 3. The van der Waals surface area contributed by atoms with Gasteiger partial charge >= 0.3 is 5.97 Å². The van der Waals surface area contributed by atoms with Crippen molar-refractivity contribution in [3.05, 3.63) is 56.7 Å². The van der Waals surface area contributed by atoms with E-state index in [1.807, 2.05) is 40.7 Å². The second-order valence-corrected chi connectivity index (χ2v) is 9.01. The van der Waals surface area contributed by atoms with E-state index >= 15 is 0 Å². The molecule has 0 saturated heterocycles. The van der Waals surface area contributed by atoms with E-state index in [9.17, 15) is 14.9 Å². The van der Waals surface area contributed by atoms with Crippen LogP contribution < -0.4 is 5.73 Å². The fraction of sp³-hybridized carbons (Fsp3) is 0.458. The maximum absolute atomic E-state index is 13.2. The zero-order valence-electron chi connectivity index (χ0n) is 18.4. The molecule has 0 saturated carbocycles. The van der Waals surface area contributed by atoms with E-state index < -0.39 is 5.92 Å². The first-order valence-corrected chi connectivity index (χ1v) is 10.0. The molecule has 1 aromatic carbocycles. The average molecular weight is 408 g/mol. The molecule has 0 aromatic heterocycles. The normalized spacial score (nSPS) is 20.4. The Morgan fingerprint density at radius 1 is 1.30 bits per heavy atom. The molecule has 1 aliphatic heterocycles. The predicted molar refractivity (Wildman–Crippen MR) is 112 cm³/mol. The van der Waals surface area contributed by atoms with Gasteiger partial charge in [0.15, 0.2) is 5.78 Å². The lowest BCUT2D eigenvalue weighted by Gasteiger charge is -2.38. The van der Waals surface area contributed by atoms with Gasteiger partial charge in [-0.15, -0.1) is 0 Å². The zero-order valence-corrected chi connectivity index (χ0v) is 18.4. The third-order valence-electron chi connectivity index (χ3n) is 5.97. The minimum absolute atomic E-state index is 0.0209. The van der Waals surface area contributed by atoms with Gasteiger partial charge in [-0.25, -0.2) is 0 Å². The molecule has 1 atom stereocenters. The van der Waals surface area contributed by atoms with Crippen molar-refractivity contribution in [2.45, 2.75) is 66.9 Å². The molecule has 6 nitrogen and oxygen atoms in total. The third kappa shape index (κ3) is 3.72. The molecule has 1 aliphatic carbocycles. The summed E-state index contributed by atoms with van der Waals surface area (Å²) in [5, 5.41) is 9.88. The number of benzene rings is 1. The molecule has 30 heavy (non-hydrogen) atoms. The summed E-state index contributed by atoms with van der Waals surface area (Å²) < 4.78 is 11.0. The van der Waals surface area contributed by atoms with E-state index in [0.29, 0.717) is 24.2 Å². The van der Waals surface area contributed by atoms with Crippen LogP contribution in [0.5, 0.6) is 0 Å². The molecule has 0 fully saturated rings. The van der Waals surface area contributed by atoms with Gasteiger partial charge in [-0.05, 0) is 54.0 Å². The molecule has 3 rings (SSSR count). The van der Waals surface area contributed by atoms with Gasteiger partial charge in [0.2, 0.25) is 5.88 Å². The Morgan fingerprint density at radius 2 is 1.97 bits per heavy atom. The molecule has 0 spiro atoms. The van der Waals surface area contributed by atoms with Crippen LogP contribution in [0.1, 0.15) is 67.3 Å². The van der Waals surface area contributed by atoms with Crippen molar-refractivity contribution in [3.63, 3.8) is 0 Å². The van der Waals surface area contributed by atoms with Gasteiger partial charge in [0.25, 0.3) is 0 Å². The first-order chi connectivity index (χ1) is 14.0. The van der Waals surface area contributed by atoms with Crippen LogP contribution in [0.15, 0.2) is 28.9 Å². The van der Waals surface area contributed by atoms with Crippen LogP contribution in [0.25, 0.3) is 0 Å². The summed E-state index contributed by atoms with van der Waals surface area (Å²) in [7, 11) is 0. The largest absolute Gasteiger partial charge is 0.461 e. The van der Waals surface area contributed by atoms with Gasteiger partial charge in [-0.1, -0.05) is 19.9 Å². The number of aryl methyl sites for hydroxylation is 2. The van der Waals surface area contributed by atoms with E-state index in [-0.39, 0.29) is 35.2 Å². The van der Waals surface area contributed by atoms with Gasteiger partial charge in [-0.2, -0.15) is 5.26 Å². The molecule has 1 aromatic rings. The summed E-state index contributed by atoms with van der Waals surface area (Å²) in [6.07, 6.45) is 0.961. The Balaban J connectivity index is 2.25. The molecule has 6 heteroatoms. The molecule has 1 unspecified atom stereocenters. The van der Waals surface area contributed by atoms with E-state index in [4.69, 9.17) is 15.2 Å². The second-order valence-electron chi connectivity index (χ2n) is 9.01. The molecule has 0 amide bonds. The van der Waals surface area contributed by atoms with Crippen molar-refractivity contribution in [2.75, 3.05) is 0 Å². The lowest BCUT2D eigenvalue weighted by molar-refractivity contribution is -0.142. The van der Waals surface area contributed by atoms with Crippen molar-refractivity contribution in [1.82, 2.24) is 0 Å². The van der Waals surface area contributed by atoms with Crippen LogP contribution in [-0.2, 0) is 25.7 Å². The third-order valence-corrected chi connectivity index (χ3v) is 5.97. The van der Waals surface area contributed by atoms with Gasteiger partial charge < -0.3 is 15.2 Å². The second kappa shape index (κ2) is 7.64. The monoisotopic (exact) mass is 408 g/mol. The number of hydrogen-bond acceptors (Lipinski definition) is 6. The molecular formula is C24H28N2O4. The highest BCUT2D eigenvalue weighted by atomic mass is 16.5. The summed E-state index contributed by atoms with van der Waals surface area (Å²) in [6.45, 7) is 11.4. The number of carbonyl (C=O) groups is 2. The number of rotatable bonds is 3. The number of nitriles is 1. The number of hydrogen-bond donors (Lipinski definition) is 1. The number of nitrogens with zero attached hydrogens (tertiary/aromatic N) is 1. The Morgan fingerprint density at radius 3 is 2.57 bits per heavy atom. The number of ether oxygens (including phenoxy) is 2. The highest BCUT2D eigenvalue weighted by Crippen LogP contribution is 2.49. The van der Waals surface area contributed by atoms with Crippen LogP contribution in [0.2, 0.25) is 0 Å². The van der Waals surface area contributed by atoms with Gasteiger partial charge in [0.1, 0.15) is 24.0 Å². The molecular weight excluding hydrogens is 380 g/mol. The van der Waals surface area contributed by atoms with Crippen molar-refractivity contribution in [2.24, 2.45) is 11.1 Å². The van der Waals surface area contributed by atoms with E-state index in [1.54, 1.807) is 0 Å². The molecule has 2 aliphatic rings.